The molecule has 0 aliphatic rings. The first-order valence-corrected chi connectivity index (χ1v) is 6.73. The fourth-order valence-corrected chi connectivity index (χ4v) is 1.83. The molecule has 0 aliphatic heterocycles. The molecule has 0 fully saturated rings. The minimum Gasteiger partial charge on any atom is -0.467 e. The number of aryl methyl sites for hydroxylation is 1. The van der Waals surface area contributed by atoms with Crippen LogP contribution in [0.25, 0.3) is 0 Å². The van der Waals surface area contributed by atoms with E-state index < -0.39 is 24.3 Å². The molecule has 5 nitrogen and oxygen atoms in total. The Morgan fingerprint density at radius 2 is 2.14 bits per heavy atom. The lowest BCUT2D eigenvalue weighted by atomic mass is 10.1. The maximum atomic E-state index is 13.4. The van der Waals surface area contributed by atoms with Crippen LogP contribution in [-0.2, 0) is 9.53 Å². The predicted molar refractivity (Wildman–Crippen MR) is 76.7 cm³/mol. The minimum absolute atomic E-state index is 0.0648. The van der Waals surface area contributed by atoms with Crippen molar-refractivity contribution in [3.63, 3.8) is 0 Å². The lowest BCUT2D eigenvalue weighted by Gasteiger charge is -2.11. The molecular weight excluding hydrogens is 289 g/mol. The van der Waals surface area contributed by atoms with Crippen LogP contribution in [0.3, 0.4) is 0 Å². The third-order valence-electron chi connectivity index (χ3n) is 3.09. The lowest BCUT2D eigenvalue weighted by Crippen LogP contribution is -2.31. The number of rotatable bonds is 5. The highest BCUT2D eigenvalue weighted by Crippen LogP contribution is 2.12. The number of furan rings is 1. The highest BCUT2D eigenvalue weighted by molar-refractivity contribution is 5.91. The number of nitrogens with one attached hydrogen (secondary N) is 1. The Balaban J connectivity index is 1.85. The molecule has 0 saturated heterocycles. The molecule has 22 heavy (non-hydrogen) atoms. The molecule has 0 aliphatic carbocycles. The Hall–Kier alpha value is -2.63. The fourth-order valence-electron chi connectivity index (χ4n) is 1.83. The van der Waals surface area contributed by atoms with E-state index in [4.69, 9.17) is 9.15 Å². The number of carbonyl (C=O) groups excluding carboxylic acids is 2. The normalized spacial score (nSPS) is 11.8. The summed E-state index contributed by atoms with van der Waals surface area (Å²) < 4.78 is 23.4. The van der Waals surface area contributed by atoms with Gasteiger partial charge in [-0.05, 0) is 43.7 Å². The number of ether oxygens (including phenoxy) is 1. The Labute approximate surface area is 127 Å². The zero-order valence-electron chi connectivity index (χ0n) is 12.3. The summed E-state index contributed by atoms with van der Waals surface area (Å²) in [6.07, 6.45) is 1.50. The largest absolute Gasteiger partial charge is 0.467 e. The van der Waals surface area contributed by atoms with Crippen molar-refractivity contribution in [2.75, 3.05) is 6.61 Å². The summed E-state index contributed by atoms with van der Waals surface area (Å²) in [7, 11) is 0. The number of carbonyl (C=O) groups is 2. The van der Waals surface area contributed by atoms with Crippen molar-refractivity contribution in [1.82, 2.24) is 5.32 Å². The van der Waals surface area contributed by atoms with Crippen LogP contribution in [0, 0.1) is 12.7 Å². The van der Waals surface area contributed by atoms with Crippen LogP contribution >= 0.6 is 0 Å². The summed E-state index contributed by atoms with van der Waals surface area (Å²) in [5, 5.41) is 2.63. The van der Waals surface area contributed by atoms with E-state index in [1.54, 1.807) is 26.0 Å². The molecule has 1 aromatic carbocycles. The lowest BCUT2D eigenvalue weighted by molar-refractivity contribution is -0.125. The van der Waals surface area contributed by atoms with E-state index in [2.05, 4.69) is 5.32 Å². The molecule has 1 atom stereocenters. The maximum Gasteiger partial charge on any atom is 0.338 e. The second-order valence-electron chi connectivity index (χ2n) is 4.84. The molecule has 1 heterocycles. The topological polar surface area (TPSA) is 68.5 Å². The average Bonchev–Trinajstić information content (AvgIpc) is 3.02. The van der Waals surface area contributed by atoms with Crippen LogP contribution in [0.15, 0.2) is 41.0 Å². The molecule has 0 bridgehead atoms. The zero-order chi connectivity index (χ0) is 16.1. The van der Waals surface area contributed by atoms with Gasteiger partial charge in [0.15, 0.2) is 6.61 Å². The third kappa shape index (κ3) is 3.94. The number of benzene rings is 1. The van der Waals surface area contributed by atoms with E-state index >= 15 is 0 Å². The highest BCUT2D eigenvalue weighted by Gasteiger charge is 2.15. The summed E-state index contributed by atoms with van der Waals surface area (Å²) in [5.74, 6) is -1.12. The standard InChI is InChI=1S/C16H16FNO4/c1-10-5-6-12(8-13(10)17)16(20)22-9-15(19)18-11(2)14-4-3-7-21-14/h3-8,11H,9H2,1-2H3,(H,18,19)/t11-/m0/s1. The molecule has 0 saturated carbocycles. The van der Waals surface area contributed by atoms with Gasteiger partial charge in [0.05, 0.1) is 17.9 Å². The van der Waals surface area contributed by atoms with Crippen LogP contribution in [-0.4, -0.2) is 18.5 Å². The summed E-state index contributed by atoms with van der Waals surface area (Å²) in [6, 6.07) is 7.12. The quantitative estimate of drug-likeness (QED) is 0.862. The number of hydrogen-bond donors (Lipinski definition) is 1. The molecule has 1 amide bonds. The molecule has 0 spiro atoms. The van der Waals surface area contributed by atoms with Crippen LogP contribution in [0.2, 0.25) is 0 Å². The van der Waals surface area contributed by atoms with Gasteiger partial charge in [0.1, 0.15) is 11.6 Å². The smallest absolute Gasteiger partial charge is 0.338 e. The molecule has 1 N–H and O–H groups in total. The highest BCUT2D eigenvalue weighted by atomic mass is 19.1. The van der Waals surface area contributed by atoms with E-state index in [0.717, 1.165) is 6.07 Å². The van der Waals surface area contributed by atoms with E-state index in [9.17, 15) is 14.0 Å². The van der Waals surface area contributed by atoms with Gasteiger partial charge in [-0.3, -0.25) is 4.79 Å². The monoisotopic (exact) mass is 305 g/mol. The van der Waals surface area contributed by atoms with Crippen LogP contribution < -0.4 is 5.32 Å². The number of esters is 1. The number of amides is 1. The van der Waals surface area contributed by atoms with Gasteiger partial charge in [-0.15, -0.1) is 0 Å². The van der Waals surface area contributed by atoms with Crippen molar-refractivity contribution in [1.29, 1.82) is 0 Å². The molecular formula is C16H16FNO4. The fraction of sp³-hybridized carbons (Fsp3) is 0.250. The maximum absolute atomic E-state index is 13.4. The first-order chi connectivity index (χ1) is 10.5. The van der Waals surface area contributed by atoms with Crippen molar-refractivity contribution in [2.45, 2.75) is 19.9 Å². The van der Waals surface area contributed by atoms with Crippen LogP contribution in [0.1, 0.15) is 34.6 Å². The van der Waals surface area contributed by atoms with Gasteiger partial charge >= 0.3 is 5.97 Å². The second kappa shape index (κ2) is 6.89. The van der Waals surface area contributed by atoms with Crippen LogP contribution in [0.5, 0.6) is 0 Å². The molecule has 0 unspecified atom stereocenters. The second-order valence-corrected chi connectivity index (χ2v) is 4.84. The van der Waals surface area contributed by atoms with E-state index in [1.807, 2.05) is 0 Å². The van der Waals surface area contributed by atoms with E-state index in [1.165, 1.54) is 18.4 Å². The summed E-state index contributed by atoms with van der Waals surface area (Å²) in [4.78, 5) is 23.4. The van der Waals surface area contributed by atoms with Gasteiger partial charge in [0.2, 0.25) is 0 Å². The Kier molecular flexibility index (Phi) is 4.93. The molecule has 0 radical (unpaired) electrons. The first-order valence-electron chi connectivity index (χ1n) is 6.73. The van der Waals surface area contributed by atoms with Gasteiger partial charge in [-0.25, -0.2) is 9.18 Å². The minimum atomic E-state index is -0.750. The van der Waals surface area contributed by atoms with Gasteiger partial charge in [-0.2, -0.15) is 0 Å². The summed E-state index contributed by atoms with van der Waals surface area (Å²) in [5.41, 5.74) is 0.497. The number of halogens is 1. The van der Waals surface area contributed by atoms with E-state index in [-0.39, 0.29) is 11.6 Å². The van der Waals surface area contributed by atoms with Crippen molar-refractivity contribution in [2.24, 2.45) is 0 Å². The molecule has 1 aromatic heterocycles. The Bertz CT molecular complexity index is 667. The zero-order valence-corrected chi connectivity index (χ0v) is 12.3. The third-order valence-corrected chi connectivity index (χ3v) is 3.09. The predicted octanol–water partition coefficient (Wildman–Crippen LogP) is 2.76. The molecule has 2 rings (SSSR count). The average molecular weight is 305 g/mol. The SMILES string of the molecule is Cc1ccc(C(=O)OCC(=O)N[C@@H](C)c2ccco2)cc1F. The van der Waals surface area contributed by atoms with E-state index in [0.29, 0.717) is 11.3 Å². The molecule has 2 aromatic rings. The Morgan fingerprint density at radius 1 is 1.36 bits per heavy atom. The van der Waals surface area contributed by atoms with Crippen molar-refractivity contribution in [3.05, 3.63) is 59.3 Å². The van der Waals surface area contributed by atoms with Gasteiger partial charge in [0.25, 0.3) is 5.91 Å². The summed E-state index contributed by atoms with van der Waals surface area (Å²) >= 11 is 0. The van der Waals surface area contributed by atoms with Crippen LogP contribution in [0.4, 0.5) is 4.39 Å². The molecule has 6 heteroatoms. The van der Waals surface area contributed by atoms with Crippen molar-refractivity contribution in [3.8, 4) is 0 Å². The van der Waals surface area contributed by atoms with Gasteiger partial charge in [-0.1, -0.05) is 6.07 Å². The van der Waals surface area contributed by atoms with Gasteiger partial charge in [0, 0.05) is 0 Å². The Morgan fingerprint density at radius 3 is 2.77 bits per heavy atom. The first kappa shape index (κ1) is 15.8. The number of hydrogen-bond acceptors (Lipinski definition) is 4. The molecule has 116 valence electrons. The summed E-state index contributed by atoms with van der Waals surface area (Å²) in [6.45, 7) is 2.89. The van der Waals surface area contributed by atoms with Gasteiger partial charge < -0.3 is 14.5 Å². The van der Waals surface area contributed by atoms with Crippen molar-refractivity contribution < 1.29 is 23.1 Å². The van der Waals surface area contributed by atoms with Crippen molar-refractivity contribution >= 4 is 11.9 Å².